The van der Waals surface area contributed by atoms with Gasteiger partial charge in [0.2, 0.25) is 5.91 Å². The molecule has 0 aliphatic heterocycles. The Bertz CT molecular complexity index is 950. The highest BCUT2D eigenvalue weighted by Gasteiger charge is 2.09. The van der Waals surface area contributed by atoms with E-state index in [4.69, 9.17) is 5.73 Å². The van der Waals surface area contributed by atoms with E-state index in [2.05, 4.69) is 15.5 Å². The number of nitrogens with one attached hydrogen (secondary N) is 1. The predicted molar refractivity (Wildman–Crippen MR) is 102 cm³/mol. The number of amides is 1. The topological polar surface area (TPSA) is 80.4 Å². The number of hydrogen-bond donors (Lipinski definition) is 2. The molecule has 0 saturated heterocycles. The van der Waals surface area contributed by atoms with Crippen molar-refractivity contribution in [2.24, 2.45) is 5.10 Å². The van der Waals surface area contributed by atoms with Crippen molar-refractivity contribution in [1.29, 1.82) is 0 Å². The van der Waals surface area contributed by atoms with Crippen LogP contribution in [-0.2, 0) is 11.2 Å². The van der Waals surface area contributed by atoms with Crippen molar-refractivity contribution < 1.29 is 9.18 Å². The number of anilines is 1. The second-order valence-electron chi connectivity index (χ2n) is 5.69. The van der Waals surface area contributed by atoms with E-state index < -0.39 is 0 Å². The number of nitrogens with zero attached hydrogens (tertiary/aromatic N) is 2. The molecular weight excluding hydrogens is 351 g/mol. The van der Waals surface area contributed by atoms with Crippen LogP contribution in [-0.4, -0.2) is 16.6 Å². The number of nitrogen functional groups attached to an aromatic ring is 1. The molecule has 0 bridgehead atoms. The van der Waals surface area contributed by atoms with E-state index in [1.807, 2.05) is 17.5 Å². The lowest BCUT2D eigenvalue weighted by atomic mass is 10.1. The molecule has 1 heterocycles. The van der Waals surface area contributed by atoms with Crippen molar-refractivity contribution >= 4 is 28.6 Å². The number of aromatic nitrogens is 1. The van der Waals surface area contributed by atoms with Crippen LogP contribution >= 0.6 is 11.3 Å². The van der Waals surface area contributed by atoms with E-state index in [1.54, 1.807) is 31.2 Å². The molecule has 0 saturated carbocycles. The Labute approximate surface area is 154 Å². The van der Waals surface area contributed by atoms with Crippen molar-refractivity contribution in [3.63, 3.8) is 0 Å². The van der Waals surface area contributed by atoms with Gasteiger partial charge in [-0.15, -0.1) is 11.3 Å². The minimum absolute atomic E-state index is 0.116. The zero-order valence-electron chi connectivity index (χ0n) is 14.1. The third-order valence-corrected chi connectivity index (χ3v) is 4.58. The lowest BCUT2D eigenvalue weighted by Crippen LogP contribution is -2.21. The maximum atomic E-state index is 13.0. The normalized spacial score (nSPS) is 11.4. The molecule has 3 aromatic rings. The first-order valence-corrected chi connectivity index (χ1v) is 8.78. The first kappa shape index (κ1) is 17.8. The Hall–Kier alpha value is -3.06. The van der Waals surface area contributed by atoms with E-state index >= 15 is 0 Å². The third-order valence-electron chi connectivity index (χ3n) is 3.64. The molecule has 0 aliphatic rings. The molecule has 3 N–H and O–H groups in total. The van der Waals surface area contributed by atoms with Gasteiger partial charge >= 0.3 is 0 Å². The number of rotatable bonds is 5. The van der Waals surface area contributed by atoms with E-state index in [9.17, 15) is 9.18 Å². The highest BCUT2D eigenvalue weighted by atomic mass is 32.1. The van der Waals surface area contributed by atoms with Crippen LogP contribution < -0.4 is 11.2 Å². The van der Waals surface area contributed by atoms with E-state index in [1.165, 1.54) is 23.5 Å². The number of thiazole rings is 1. The van der Waals surface area contributed by atoms with Crippen molar-refractivity contribution in [3.05, 3.63) is 71.0 Å². The molecule has 0 spiro atoms. The average molecular weight is 368 g/mol. The number of hydrogen-bond acceptors (Lipinski definition) is 5. The molecule has 0 atom stereocenters. The van der Waals surface area contributed by atoms with Crippen LogP contribution in [0.1, 0.15) is 18.2 Å². The lowest BCUT2D eigenvalue weighted by molar-refractivity contribution is -0.120. The molecule has 5 nitrogen and oxygen atoms in total. The molecule has 0 radical (unpaired) electrons. The Morgan fingerprint density at radius 1 is 1.27 bits per heavy atom. The molecule has 26 heavy (non-hydrogen) atoms. The molecule has 1 amide bonds. The van der Waals surface area contributed by atoms with Gasteiger partial charge in [0.05, 0.1) is 17.8 Å². The molecule has 7 heteroatoms. The van der Waals surface area contributed by atoms with Gasteiger partial charge in [-0.05, 0) is 48.9 Å². The Morgan fingerprint density at radius 3 is 2.77 bits per heavy atom. The van der Waals surface area contributed by atoms with Gasteiger partial charge in [-0.3, -0.25) is 4.79 Å². The molecule has 132 valence electrons. The van der Waals surface area contributed by atoms with Gasteiger partial charge in [0.25, 0.3) is 0 Å². The van der Waals surface area contributed by atoms with Gasteiger partial charge in [-0.2, -0.15) is 5.10 Å². The summed E-state index contributed by atoms with van der Waals surface area (Å²) in [5, 5.41) is 6.66. The zero-order valence-corrected chi connectivity index (χ0v) is 14.9. The number of hydrazone groups is 1. The smallest absolute Gasteiger partial charge is 0.246 e. The minimum atomic E-state index is -0.293. The van der Waals surface area contributed by atoms with E-state index in [-0.39, 0.29) is 18.1 Å². The number of carbonyl (C=O) groups is 1. The highest BCUT2D eigenvalue weighted by Crippen LogP contribution is 2.24. The van der Waals surface area contributed by atoms with Crippen molar-refractivity contribution in [2.75, 3.05) is 5.73 Å². The van der Waals surface area contributed by atoms with Crippen molar-refractivity contribution in [3.8, 4) is 10.6 Å². The first-order valence-electron chi connectivity index (χ1n) is 7.90. The van der Waals surface area contributed by atoms with Gasteiger partial charge in [0, 0.05) is 16.6 Å². The minimum Gasteiger partial charge on any atom is -0.399 e. The summed E-state index contributed by atoms with van der Waals surface area (Å²) in [6.45, 7) is 1.80. The fourth-order valence-electron chi connectivity index (χ4n) is 2.29. The Morgan fingerprint density at radius 2 is 2.04 bits per heavy atom. The quantitative estimate of drug-likeness (QED) is 0.410. The number of nitrogens with two attached hydrogens (primary N) is 1. The summed E-state index contributed by atoms with van der Waals surface area (Å²) in [7, 11) is 0. The van der Waals surface area contributed by atoms with Gasteiger partial charge in [-0.25, -0.2) is 14.8 Å². The van der Waals surface area contributed by atoms with Crippen LogP contribution in [0, 0.1) is 5.82 Å². The second kappa shape index (κ2) is 7.88. The fraction of sp³-hybridized carbons (Fsp3) is 0.105. The lowest BCUT2D eigenvalue weighted by Gasteiger charge is -2.03. The van der Waals surface area contributed by atoms with Gasteiger partial charge in [0.15, 0.2) is 0 Å². The third kappa shape index (κ3) is 4.52. The monoisotopic (exact) mass is 368 g/mol. The maximum Gasteiger partial charge on any atom is 0.246 e. The van der Waals surface area contributed by atoms with Crippen molar-refractivity contribution in [1.82, 2.24) is 10.4 Å². The summed E-state index contributed by atoms with van der Waals surface area (Å²) >= 11 is 1.41. The van der Waals surface area contributed by atoms with Crippen LogP contribution in [0.15, 0.2) is 59.0 Å². The SMILES string of the molecule is C/C(=N/NC(=O)Cc1csc(-c2ccc(F)cc2)n1)c1cccc(N)c1. The first-order chi connectivity index (χ1) is 12.5. The van der Waals surface area contributed by atoms with Crippen LogP contribution in [0.5, 0.6) is 0 Å². The van der Waals surface area contributed by atoms with Gasteiger partial charge in [0.1, 0.15) is 10.8 Å². The highest BCUT2D eigenvalue weighted by molar-refractivity contribution is 7.13. The molecule has 0 aliphatic carbocycles. The summed E-state index contributed by atoms with van der Waals surface area (Å²) in [6.07, 6.45) is 0.116. The molecular formula is C19H17FN4OS. The van der Waals surface area contributed by atoms with Crippen LogP contribution in [0.4, 0.5) is 10.1 Å². The van der Waals surface area contributed by atoms with Crippen molar-refractivity contribution in [2.45, 2.75) is 13.3 Å². The number of halogens is 1. The predicted octanol–water partition coefficient (Wildman–Crippen LogP) is 3.61. The zero-order chi connectivity index (χ0) is 18.5. The molecule has 0 unspecified atom stereocenters. The summed E-state index contributed by atoms with van der Waals surface area (Å²) in [5.41, 5.74) is 11.9. The Kier molecular flexibility index (Phi) is 5.38. The van der Waals surface area contributed by atoms with Crippen LogP contribution in [0.25, 0.3) is 10.6 Å². The van der Waals surface area contributed by atoms with Gasteiger partial charge < -0.3 is 5.73 Å². The fourth-order valence-corrected chi connectivity index (χ4v) is 3.12. The van der Waals surface area contributed by atoms with E-state index in [0.29, 0.717) is 17.1 Å². The summed E-state index contributed by atoms with van der Waals surface area (Å²) in [6, 6.07) is 13.4. The van der Waals surface area contributed by atoms with E-state index in [0.717, 1.165) is 16.1 Å². The summed E-state index contributed by atoms with van der Waals surface area (Å²) in [5.74, 6) is -0.553. The summed E-state index contributed by atoms with van der Waals surface area (Å²) < 4.78 is 13.0. The van der Waals surface area contributed by atoms with Gasteiger partial charge in [-0.1, -0.05) is 12.1 Å². The second-order valence-corrected chi connectivity index (χ2v) is 6.54. The molecule has 0 fully saturated rings. The molecule has 3 rings (SSSR count). The standard InChI is InChI=1S/C19H17FN4OS/c1-12(14-3-2-4-16(21)9-14)23-24-18(25)10-17-11-26-19(22-17)13-5-7-15(20)8-6-13/h2-9,11H,10,21H2,1H3,(H,24,25)/b23-12-. The molecule has 1 aromatic heterocycles. The van der Waals surface area contributed by atoms with Crippen LogP contribution in [0.2, 0.25) is 0 Å². The Balaban J connectivity index is 1.62. The maximum absolute atomic E-state index is 13.0. The molecule has 2 aromatic carbocycles. The average Bonchev–Trinajstić information content (AvgIpc) is 3.08. The van der Waals surface area contributed by atoms with Crippen LogP contribution in [0.3, 0.4) is 0 Å². The largest absolute Gasteiger partial charge is 0.399 e. The summed E-state index contributed by atoms with van der Waals surface area (Å²) in [4.78, 5) is 16.5. The number of carbonyl (C=O) groups excluding carboxylic acids is 1. The number of benzene rings is 2.